The molecule has 0 spiro atoms. The molecule has 0 bridgehead atoms. The quantitative estimate of drug-likeness (QED) is 0.754. The summed E-state index contributed by atoms with van der Waals surface area (Å²) in [6, 6.07) is 0. The molecule has 0 aliphatic carbocycles. The Kier molecular flexibility index (Phi) is 2.42. The van der Waals surface area contributed by atoms with E-state index in [-0.39, 0.29) is 5.89 Å². The Morgan fingerprint density at radius 2 is 2.33 bits per heavy atom. The van der Waals surface area contributed by atoms with E-state index in [4.69, 9.17) is 10.2 Å². The maximum Gasteiger partial charge on any atom is 0.303 e. The normalized spacial score (nSPS) is 12.0. The average Bonchev–Trinajstić information content (AvgIpc) is 2.35. The highest BCUT2D eigenvalue weighted by Crippen LogP contribution is 2.27. The molecule has 3 nitrogen and oxygen atoms in total. The summed E-state index contributed by atoms with van der Waals surface area (Å²) in [5, 5.41) is 0. The minimum atomic E-state index is -2.96. The van der Waals surface area contributed by atoms with Gasteiger partial charge in [-0.05, 0) is 0 Å². The van der Waals surface area contributed by atoms with Gasteiger partial charge in [0.1, 0.15) is 0 Å². The smallest absolute Gasteiger partial charge is 0.303 e. The van der Waals surface area contributed by atoms with Crippen molar-refractivity contribution in [2.45, 2.75) is 19.3 Å². The molecule has 0 saturated heterocycles. The van der Waals surface area contributed by atoms with Gasteiger partial charge in [-0.1, -0.05) is 0 Å². The van der Waals surface area contributed by atoms with Gasteiger partial charge in [-0.2, -0.15) is 8.78 Å². The zero-order chi connectivity index (χ0) is 9.19. The number of nitrogens with zero attached hydrogens (tertiary/aromatic N) is 1. The minimum absolute atomic E-state index is 0.258. The van der Waals surface area contributed by atoms with Crippen LogP contribution in [-0.2, 0) is 12.3 Å². The summed E-state index contributed by atoms with van der Waals surface area (Å²) in [6.45, 7) is 1.11. The summed E-state index contributed by atoms with van der Waals surface area (Å²) in [7, 11) is 0. The van der Waals surface area contributed by atoms with Gasteiger partial charge in [0.15, 0.2) is 11.7 Å². The number of alkyl halides is 2. The molecule has 0 aliphatic heterocycles. The molecule has 1 heterocycles. The Hall–Kier alpha value is -0.970. The number of hydrogen-bond donors (Lipinski definition) is 1. The summed E-state index contributed by atoms with van der Waals surface area (Å²) >= 11 is 0. The first kappa shape index (κ1) is 9.12. The number of nitrogens with two attached hydrogens (primary N) is 1. The highest BCUT2D eigenvalue weighted by Gasteiger charge is 2.29. The van der Waals surface area contributed by atoms with Crippen LogP contribution in [0.1, 0.15) is 18.6 Å². The van der Waals surface area contributed by atoms with E-state index in [0.717, 1.165) is 13.1 Å². The Bertz CT molecular complexity index is 254. The van der Waals surface area contributed by atoms with Gasteiger partial charge in [-0.3, -0.25) is 0 Å². The van der Waals surface area contributed by atoms with E-state index in [1.807, 2.05) is 0 Å². The van der Waals surface area contributed by atoms with Crippen LogP contribution in [0.25, 0.3) is 0 Å². The fourth-order valence-electron chi connectivity index (χ4n) is 0.752. The zero-order valence-electron chi connectivity index (χ0n) is 6.68. The molecule has 0 aromatic carbocycles. The van der Waals surface area contributed by atoms with Crippen LogP contribution >= 0.6 is 0 Å². The average molecular weight is 176 g/mol. The van der Waals surface area contributed by atoms with Gasteiger partial charge in [0, 0.05) is 19.9 Å². The first-order chi connectivity index (χ1) is 5.54. The van der Waals surface area contributed by atoms with Crippen molar-refractivity contribution in [1.29, 1.82) is 0 Å². The van der Waals surface area contributed by atoms with Crippen molar-refractivity contribution in [3.8, 4) is 0 Å². The molecule has 0 aliphatic rings. The first-order valence-electron chi connectivity index (χ1n) is 3.57. The fraction of sp³-hybridized carbons (Fsp3) is 0.571. The lowest BCUT2D eigenvalue weighted by atomic mass is 10.3. The van der Waals surface area contributed by atoms with E-state index in [0.29, 0.717) is 13.0 Å². The molecular weight excluding hydrogens is 166 g/mol. The molecule has 1 rings (SSSR count). The van der Waals surface area contributed by atoms with E-state index < -0.39 is 11.7 Å². The third-order valence-corrected chi connectivity index (χ3v) is 1.34. The lowest BCUT2D eigenvalue weighted by Gasteiger charge is -2.03. The van der Waals surface area contributed by atoms with Crippen LogP contribution in [0.3, 0.4) is 0 Å². The van der Waals surface area contributed by atoms with Gasteiger partial charge >= 0.3 is 5.92 Å². The van der Waals surface area contributed by atoms with Crippen molar-refractivity contribution in [2.75, 3.05) is 6.54 Å². The van der Waals surface area contributed by atoms with Crippen LogP contribution in [0.15, 0.2) is 10.6 Å². The highest BCUT2D eigenvalue weighted by atomic mass is 19.3. The van der Waals surface area contributed by atoms with E-state index in [2.05, 4.69) is 4.98 Å². The molecule has 12 heavy (non-hydrogen) atoms. The van der Waals surface area contributed by atoms with Crippen LogP contribution in [-0.4, -0.2) is 11.5 Å². The fourth-order valence-corrected chi connectivity index (χ4v) is 0.752. The lowest BCUT2D eigenvalue weighted by Crippen LogP contribution is -2.05. The predicted octanol–water partition coefficient (Wildman–Crippen LogP) is 1.29. The Labute approximate surface area is 68.6 Å². The topological polar surface area (TPSA) is 52.0 Å². The van der Waals surface area contributed by atoms with E-state index >= 15 is 0 Å². The van der Waals surface area contributed by atoms with Gasteiger partial charge in [0.2, 0.25) is 0 Å². The van der Waals surface area contributed by atoms with Crippen LogP contribution in [0.5, 0.6) is 0 Å². The standard InChI is InChI=1S/C7H10F2N2O/c1-7(8,9)5-4-11-6(12-5)2-3-10/h4H,2-3,10H2,1H3. The van der Waals surface area contributed by atoms with Crippen molar-refractivity contribution in [3.05, 3.63) is 17.8 Å². The molecule has 0 atom stereocenters. The van der Waals surface area contributed by atoms with Crippen LogP contribution < -0.4 is 5.73 Å². The molecule has 1 aromatic heterocycles. The molecular formula is C7H10F2N2O. The summed E-state index contributed by atoms with van der Waals surface area (Å²) in [4.78, 5) is 3.65. The molecule has 1 aromatic rings. The first-order valence-corrected chi connectivity index (χ1v) is 3.57. The number of oxazole rings is 1. The second-order valence-electron chi connectivity index (χ2n) is 2.55. The van der Waals surface area contributed by atoms with Crippen LogP contribution in [0.2, 0.25) is 0 Å². The van der Waals surface area contributed by atoms with Crippen molar-refractivity contribution in [2.24, 2.45) is 5.73 Å². The summed E-state index contributed by atoms with van der Waals surface area (Å²) in [5.74, 6) is -3.11. The number of aromatic nitrogens is 1. The van der Waals surface area contributed by atoms with Crippen LogP contribution in [0, 0.1) is 0 Å². The molecule has 2 N–H and O–H groups in total. The summed E-state index contributed by atoms with van der Waals surface area (Å²) in [5.41, 5.74) is 5.19. The van der Waals surface area contributed by atoms with E-state index in [9.17, 15) is 8.78 Å². The zero-order valence-corrected chi connectivity index (χ0v) is 6.68. The second-order valence-corrected chi connectivity index (χ2v) is 2.55. The highest BCUT2D eigenvalue weighted by molar-refractivity contribution is 5.00. The summed E-state index contributed by atoms with van der Waals surface area (Å²) < 4.78 is 29.8. The van der Waals surface area contributed by atoms with Crippen molar-refractivity contribution >= 4 is 0 Å². The number of halogens is 2. The maximum atomic E-state index is 12.5. The molecule has 5 heteroatoms. The summed E-state index contributed by atoms with van der Waals surface area (Å²) in [6.07, 6.45) is 1.42. The molecule has 0 unspecified atom stereocenters. The van der Waals surface area contributed by atoms with Crippen molar-refractivity contribution in [3.63, 3.8) is 0 Å². The van der Waals surface area contributed by atoms with Crippen LogP contribution in [0.4, 0.5) is 8.78 Å². The van der Waals surface area contributed by atoms with E-state index in [1.54, 1.807) is 0 Å². The monoisotopic (exact) mass is 176 g/mol. The molecule has 0 radical (unpaired) electrons. The molecule has 0 amide bonds. The largest absolute Gasteiger partial charge is 0.439 e. The minimum Gasteiger partial charge on any atom is -0.439 e. The Morgan fingerprint density at radius 3 is 2.75 bits per heavy atom. The number of rotatable bonds is 3. The predicted molar refractivity (Wildman–Crippen MR) is 38.8 cm³/mol. The van der Waals surface area contributed by atoms with Crippen molar-refractivity contribution in [1.82, 2.24) is 4.98 Å². The van der Waals surface area contributed by atoms with Gasteiger partial charge < -0.3 is 10.2 Å². The Morgan fingerprint density at radius 1 is 1.67 bits per heavy atom. The maximum absolute atomic E-state index is 12.5. The van der Waals surface area contributed by atoms with Gasteiger partial charge in [-0.15, -0.1) is 0 Å². The van der Waals surface area contributed by atoms with Gasteiger partial charge in [0.25, 0.3) is 0 Å². The van der Waals surface area contributed by atoms with Gasteiger partial charge in [0.05, 0.1) is 6.20 Å². The van der Waals surface area contributed by atoms with E-state index in [1.165, 1.54) is 0 Å². The van der Waals surface area contributed by atoms with Crippen molar-refractivity contribution < 1.29 is 13.2 Å². The third-order valence-electron chi connectivity index (χ3n) is 1.34. The second kappa shape index (κ2) is 3.18. The SMILES string of the molecule is CC(F)(F)c1cnc(CCN)o1. The Balaban J connectivity index is 2.77. The number of hydrogen-bond acceptors (Lipinski definition) is 3. The third kappa shape index (κ3) is 2.01. The molecule has 68 valence electrons. The molecule has 0 fully saturated rings. The lowest BCUT2D eigenvalue weighted by molar-refractivity contribution is -0.00622. The molecule has 0 saturated carbocycles. The van der Waals surface area contributed by atoms with Gasteiger partial charge in [-0.25, -0.2) is 4.98 Å².